The highest BCUT2D eigenvalue weighted by Gasteiger charge is 2.14. The van der Waals surface area contributed by atoms with Gasteiger partial charge in [-0.25, -0.2) is 0 Å². The molecule has 2 rings (SSSR count). The van der Waals surface area contributed by atoms with Crippen molar-refractivity contribution in [1.29, 1.82) is 10.5 Å². The Kier molecular flexibility index (Phi) is 9.93. The predicted octanol–water partition coefficient (Wildman–Crippen LogP) is 6.36. The summed E-state index contributed by atoms with van der Waals surface area (Å²) in [5, 5.41) is 17.4. The van der Waals surface area contributed by atoms with Gasteiger partial charge in [0.25, 0.3) is 0 Å². The highest BCUT2D eigenvalue weighted by atomic mass is 15.2. The first kappa shape index (κ1) is 25.1. The molecule has 2 aromatic rings. The molecule has 30 heavy (non-hydrogen) atoms. The van der Waals surface area contributed by atoms with Crippen LogP contribution in [0.4, 0.5) is 11.4 Å². The van der Waals surface area contributed by atoms with Crippen LogP contribution < -0.4 is 9.80 Å². The van der Waals surface area contributed by atoms with Crippen molar-refractivity contribution in [3.63, 3.8) is 0 Å². The van der Waals surface area contributed by atoms with Crippen LogP contribution in [0.3, 0.4) is 0 Å². The Labute approximate surface area is 183 Å². The van der Waals surface area contributed by atoms with Crippen molar-refractivity contribution in [2.75, 3.05) is 9.80 Å². The zero-order valence-electron chi connectivity index (χ0n) is 19.7. The Hall–Kier alpha value is -2.98. The zero-order chi connectivity index (χ0) is 22.8. The minimum absolute atomic E-state index is 0.470. The summed E-state index contributed by atoms with van der Waals surface area (Å²) in [4.78, 5) is 4.67. The molecule has 0 heterocycles. The number of nitriles is 2. The summed E-state index contributed by atoms with van der Waals surface area (Å²) in [6, 6.07) is 21.7. The van der Waals surface area contributed by atoms with Crippen molar-refractivity contribution in [2.45, 2.75) is 79.6 Å². The van der Waals surface area contributed by atoms with Crippen LogP contribution >= 0.6 is 0 Å². The van der Waals surface area contributed by atoms with Gasteiger partial charge in [0.1, 0.15) is 0 Å². The van der Waals surface area contributed by atoms with E-state index in [9.17, 15) is 0 Å². The highest BCUT2D eigenvalue weighted by molar-refractivity contribution is 5.51. The fraction of sp³-hybridized carbons (Fsp3) is 0.462. The molecule has 0 amide bonds. The lowest BCUT2D eigenvalue weighted by Crippen LogP contribution is -2.36. The molecule has 0 spiro atoms. The van der Waals surface area contributed by atoms with Crippen LogP contribution in [0.15, 0.2) is 48.5 Å². The lowest BCUT2D eigenvalue weighted by atomic mass is 10.1. The largest absolute Gasteiger partial charge is 0.367 e. The van der Waals surface area contributed by atoms with E-state index in [0.29, 0.717) is 35.3 Å². The maximum atomic E-state index is 8.72. The monoisotopic (exact) mass is 404 g/mol. The van der Waals surface area contributed by atoms with Crippen molar-refractivity contribution in [3.05, 3.63) is 59.7 Å². The molecule has 0 bridgehead atoms. The first-order valence-corrected chi connectivity index (χ1v) is 10.7. The van der Waals surface area contributed by atoms with Crippen LogP contribution in [0.1, 0.15) is 66.5 Å². The molecule has 4 heteroatoms. The molecule has 0 aliphatic carbocycles. The van der Waals surface area contributed by atoms with E-state index in [1.54, 1.807) is 0 Å². The Balaban J connectivity index is 0.000000300. The third-order valence-corrected chi connectivity index (χ3v) is 4.81. The summed E-state index contributed by atoms with van der Waals surface area (Å²) in [7, 11) is 0. The number of hydrogen-bond acceptors (Lipinski definition) is 4. The number of benzene rings is 2. The molecule has 0 N–H and O–H groups in total. The second-order valence-corrected chi connectivity index (χ2v) is 8.51. The molecule has 0 radical (unpaired) electrons. The lowest BCUT2D eigenvalue weighted by Gasteiger charge is -2.33. The minimum atomic E-state index is 0.470. The van der Waals surface area contributed by atoms with Gasteiger partial charge in [0.2, 0.25) is 0 Å². The van der Waals surface area contributed by atoms with Crippen LogP contribution in [-0.2, 0) is 0 Å². The molecule has 4 nitrogen and oxygen atoms in total. The number of nitrogens with zero attached hydrogens (tertiary/aromatic N) is 4. The predicted molar refractivity (Wildman–Crippen MR) is 128 cm³/mol. The molecule has 0 saturated carbocycles. The maximum absolute atomic E-state index is 8.72. The Bertz CT molecular complexity index is 745. The summed E-state index contributed by atoms with van der Waals surface area (Å²) in [6.45, 7) is 17.4. The molecule has 0 unspecified atom stereocenters. The average molecular weight is 405 g/mol. The number of hydrogen-bond donors (Lipinski definition) is 0. The summed E-state index contributed by atoms with van der Waals surface area (Å²) >= 11 is 0. The molecule has 0 aliphatic rings. The number of anilines is 2. The molecule has 0 atom stereocenters. The van der Waals surface area contributed by atoms with E-state index in [1.807, 2.05) is 48.5 Å². The summed E-state index contributed by atoms with van der Waals surface area (Å²) in [5.74, 6) is 0. The fourth-order valence-corrected chi connectivity index (χ4v) is 3.80. The Morgan fingerprint density at radius 1 is 0.500 bits per heavy atom. The normalized spacial score (nSPS) is 10.5. The Morgan fingerprint density at radius 3 is 0.900 bits per heavy atom. The summed E-state index contributed by atoms with van der Waals surface area (Å²) in [6.07, 6.45) is 0. The smallest absolute Gasteiger partial charge is 0.0991 e. The van der Waals surface area contributed by atoms with E-state index in [0.717, 1.165) is 0 Å². The van der Waals surface area contributed by atoms with E-state index in [1.165, 1.54) is 11.4 Å². The van der Waals surface area contributed by atoms with E-state index in [-0.39, 0.29) is 0 Å². The Morgan fingerprint density at radius 2 is 0.733 bits per heavy atom. The first-order chi connectivity index (χ1) is 14.1. The molecular formula is C26H36N4. The second kappa shape index (κ2) is 11.9. The van der Waals surface area contributed by atoms with Crippen LogP contribution in [0, 0.1) is 22.7 Å². The molecule has 0 fully saturated rings. The first-order valence-electron chi connectivity index (χ1n) is 10.7. The molecule has 0 aliphatic heterocycles. The van der Waals surface area contributed by atoms with Gasteiger partial charge in [0, 0.05) is 35.5 Å². The van der Waals surface area contributed by atoms with Crippen LogP contribution in [-0.4, -0.2) is 24.2 Å². The topological polar surface area (TPSA) is 54.1 Å². The second-order valence-electron chi connectivity index (χ2n) is 8.51. The van der Waals surface area contributed by atoms with E-state index >= 15 is 0 Å². The summed E-state index contributed by atoms with van der Waals surface area (Å²) in [5.41, 5.74) is 3.79. The van der Waals surface area contributed by atoms with Gasteiger partial charge in [-0.1, -0.05) is 0 Å². The van der Waals surface area contributed by atoms with Crippen molar-refractivity contribution >= 4 is 11.4 Å². The molecule has 160 valence electrons. The van der Waals surface area contributed by atoms with Gasteiger partial charge in [0.05, 0.1) is 23.3 Å². The summed E-state index contributed by atoms with van der Waals surface area (Å²) < 4.78 is 0. The standard InChI is InChI=1S/2C13H18N2/c2*1-10(2)15(11(3)4)13-7-5-12(9-14)6-8-13/h2*5-8,10-11H,1-4H3. The van der Waals surface area contributed by atoms with Crippen molar-refractivity contribution in [2.24, 2.45) is 0 Å². The van der Waals surface area contributed by atoms with Gasteiger partial charge in [-0.2, -0.15) is 10.5 Å². The third kappa shape index (κ3) is 7.12. The molecule has 0 aromatic heterocycles. The van der Waals surface area contributed by atoms with Gasteiger partial charge in [-0.05, 0) is 104 Å². The van der Waals surface area contributed by atoms with Crippen LogP contribution in [0.2, 0.25) is 0 Å². The van der Waals surface area contributed by atoms with Crippen LogP contribution in [0.5, 0.6) is 0 Å². The van der Waals surface area contributed by atoms with Crippen molar-refractivity contribution < 1.29 is 0 Å². The van der Waals surface area contributed by atoms with Crippen molar-refractivity contribution in [1.82, 2.24) is 0 Å². The SMILES string of the molecule is CC(C)N(c1ccc(C#N)cc1)C(C)C.CC(C)N(c1ccc(C#N)cc1)C(C)C. The van der Waals surface area contributed by atoms with Crippen molar-refractivity contribution in [3.8, 4) is 12.1 Å². The maximum Gasteiger partial charge on any atom is 0.0991 e. The molecule has 0 saturated heterocycles. The van der Waals surface area contributed by atoms with E-state index in [4.69, 9.17) is 10.5 Å². The highest BCUT2D eigenvalue weighted by Crippen LogP contribution is 2.21. The molecule has 2 aromatic carbocycles. The third-order valence-electron chi connectivity index (χ3n) is 4.81. The zero-order valence-corrected chi connectivity index (χ0v) is 19.7. The molecular weight excluding hydrogens is 368 g/mol. The van der Waals surface area contributed by atoms with E-state index < -0.39 is 0 Å². The van der Waals surface area contributed by atoms with Gasteiger partial charge >= 0.3 is 0 Å². The van der Waals surface area contributed by atoms with Gasteiger partial charge in [-0.15, -0.1) is 0 Å². The average Bonchev–Trinajstić information content (AvgIpc) is 2.68. The number of rotatable bonds is 6. The van der Waals surface area contributed by atoms with Gasteiger partial charge < -0.3 is 9.80 Å². The van der Waals surface area contributed by atoms with Gasteiger partial charge in [-0.3, -0.25) is 0 Å². The fourth-order valence-electron chi connectivity index (χ4n) is 3.80. The lowest BCUT2D eigenvalue weighted by molar-refractivity contribution is 0.608. The van der Waals surface area contributed by atoms with Crippen LogP contribution in [0.25, 0.3) is 0 Å². The minimum Gasteiger partial charge on any atom is -0.367 e. The quantitative estimate of drug-likeness (QED) is 0.562. The van der Waals surface area contributed by atoms with Gasteiger partial charge in [0.15, 0.2) is 0 Å². The van der Waals surface area contributed by atoms with E-state index in [2.05, 4.69) is 77.3 Å².